The summed E-state index contributed by atoms with van der Waals surface area (Å²) in [6, 6.07) is 54.9. The van der Waals surface area contributed by atoms with E-state index in [9.17, 15) is 0 Å². The molecule has 2 aromatic heterocycles. The van der Waals surface area contributed by atoms with Crippen LogP contribution in [0.5, 0.6) is 0 Å². The summed E-state index contributed by atoms with van der Waals surface area (Å²) in [5, 5.41) is 5.79. The van der Waals surface area contributed by atoms with Crippen LogP contribution in [0.15, 0.2) is 170 Å². The maximum absolute atomic E-state index is 16.7. The minimum Gasteiger partial charge on any atom is -0.364 e. The Morgan fingerprint density at radius 3 is 0.962 bits per heavy atom. The van der Waals surface area contributed by atoms with Gasteiger partial charge in [0.25, 0.3) is 0 Å². The molecule has 8 aromatic rings. The summed E-state index contributed by atoms with van der Waals surface area (Å²) < 4.78 is 49.4. The normalized spacial score (nSPS) is 12.1. The van der Waals surface area contributed by atoms with Crippen molar-refractivity contribution in [2.45, 2.75) is 13.5 Å². The molecular formula is C44H38N2O4P2. The second-order valence-electron chi connectivity index (χ2n) is 12.7. The van der Waals surface area contributed by atoms with Crippen molar-refractivity contribution in [1.82, 2.24) is 9.13 Å². The van der Waals surface area contributed by atoms with Gasteiger partial charge in [-0.25, -0.2) is 0 Å². The summed E-state index contributed by atoms with van der Waals surface area (Å²) in [5.74, 6) is 0. The second-order valence-corrected chi connectivity index (χ2v) is 18.1. The Bertz CT molecular complexity index is 2330. The summed E-state index contributed by atoms with van der Waals surface area (Å²) in [7, 11) is -3.97. The Morgan fingerprint density at radius 1 is 0.404 bits per heavy atom. The average molecular weight is 721 g/mol. The molecule has 2 heterocycles. The van der Waals surface area contributed by atoms with Crippen molar-refractivity contribution < 1.29 is 18.6 Å². The molecule has 8 rings (SSSR count). The lowest BCUT2D eigenvalue weighted by Crippen LogP contribution is -2.30. The van der Waals surface area contributed by atoms with E-state index < -0.39 is 14.3 Å². The predicted molar refractivity (Wildman–Crippen MR) is 216 cm³/mol. The Balaban J connectivity index is 1.65. The number of para-hydroxylation sites is 2. The lowest BCUT2D eigenvalue weighted by atomic mass is 10.2. The highest BCUT2D eigenvalue weighted by atomic mass is 31.2. The summed E-state index contributed by atoms with van der Waals surface area (Å²) in [5.41, 5.74) is 3.07. The van der Waals surface area contributed by atoms with Crippen LogP contribution >= 0.6 is 14.3 Å². The average Bonchev–Trinajstić information content (AvgIpc) is 3.71. The standard InChI is InChI=1S/C44H38N2O4P2/c1-49-31-45-39-29-17-15-27-37(39)43(51(47,33-19-7-3-8-20-33)34-21-9-4-10-22-34)41(45)42-44(38-28-16-18-30-40(38)46(42)32-50-2)52(48,35-23-11-5-12-24-35)36-25-13-6-14-26-36/h3-30H,31-32H2,1-2H3. The SMILES string of the molecule is COCn1c(-c2c(P(=O)(c3ccccc3)c3ccccc3)c3ccccc3n2COC)c(P(=O)(c2ccccc2)c2ccccc2)c2ccccc21. The van der Waals surface area contributed by atoms with Gasteiger partial charge in [-0.15, -0.1) is 0 Å². The molecule has 0 saturated heterocycles. The van der Waals surface area contributed by atoms with E-state index in [1.54, 1.807) is 14.2 Å². The van der Waals surface area contributed by atoms with Crippen LogP contribution in [0.4, 0.5) is 0 Å². The molecule has 258 valence electrons. The van der Waals surface area contributed by atoms with Crippen molar-refractivity contribution in [1.29, 1.82) is 0 Å². The van der Waals surface area contributed by atoms with Crippen molar-refractivity contribution in [2.75, 3.05) is 14.2 Å². The van der Waals surface area contributed by atoms with Crippen molar-refractivity contribution >= 4 is 67.9 Å². The number of fused-ring (bicyclic) bond motifs is 2. The highest BCUT2D eigenvalue weighted by Crippen LogP contribution is 2.53. The Kier molecular flexibility index (Phi) is 9.17. The number of nitrogens with zero attached hydrogens (tertiary/aromatic N) is 2. The molecule has 0 saturated carbocycles. The Hall–Kier alpha value is -5.22. The van der Waals surface area contributed by atoms with E-state index in [0.29, 0.717) is 43.2 Å². The van der Waals surface area contributed by atoms with Gasteiger partial charge >= 0.3 is 0 Å². The van der Waals surface area contributed by atoms with Gasteiger partial charge < -0.3 is 27.7 Å². The topological polar surface area (TPSA) is 62.5 Å². The fourth-order valence-corrected chi connectivity index (χ4v) is 13.7. The number of rotatable bonds is 11. The molecule has 0 aliphatic heterocycles. The number of methoxy groups -OCH3 is 2. The number of aromatic nitrogens is 2. The second kappa shape index (κ2) is 14.1. The van der Waals surface area contributed by atoms with Crippen molar-refractivity contribution in [3.8, 4) is 11.4 Å². The summed E-state index contributed by atoms with van der Waals surface area (Å²) in [6.07, 6.45) is 0. The van der Waals surface area contributed by atoms with Gasteiger partial charge in [-0.3, -0.25) is 0 Å². The highest BCUT2D eigenvalue weighted by molar-refractivity contribution is 7.86. The predicted octanol–water partition coefficient (Wildman–Crippen LogP) is 7.75. The minimum absolute atomic E-state index is 0.161. The van der Waals surface area contributed by atoms with Crippen LogP contribution in [-0.2, 0) is 32.1 Å². The van der Waals surface area contributed by atoms with Crippen LogP contribution in [0.25, 0.3) is 33.2 Å². The van der Waals surface area contributed by atoms with Crippen LogP contribution in [0.3, 0.4) is 0 Å². The fraction of sp³-hybridized carbons (Fsp3) is 0.0909. The monoisotopic (exact) mass is 720 g/mol. The number of hydrogen-bond donors (Lipinski definition) is 0. The van der Waals surface area contributed by atoms with Gasteiger partial charge in [0.05, 0.1) is 33.0 Å². The highest BCUT2D eigenvalue weighted by Gasteiger charge is 2.43. The van der Waals surface area contributed by atoms with E-state index in [1.807, 2.05) is 170 Å². The van der Waals surface area contributed by atoms with Crippen molar-refractivity contribution in [3.63, 3.8) is 0 Å². The molecule has 8 heteroatoms. The maximum atomic E-state index is 16.7. The number of benzene rings is 6. The molecule has 0 fully saturated rings. The first-order valence-corrected chi connectivity index (χ1v) is 20.6. The Labute approximate surface area is 303 Å². The summed E-state index contributed by atoms with van der Waals surface area (Å²) >= 11 is 0. The van der Waals surface area contributed by atoms with E-state index in [2.05, 4.69) is 9.13 Å². The summed E-state index contributed by atoms with van der Waals surface area (Å²) in [4.78, 5) is 0. The first kappa shape index (κ1) is 33.9. The maximum Gasteiger partial charge on any atom is 0.173 e. The molecule has 0 aliphatic rings. The third-order valence-corrected chi connectivity index (χ3v) is 16.0. The quantitative estimate of drug-likeness (QED) is 0.128. The largest absolute Gasteiger partial charge is 0.364 e. The third-order valence-electron chi connectivity index (χ3n) is 9.74. The van der Waals surface area contributed by atoms with E-state index in [4.69, 9.17) is 9.47 Å². The van der Waals surface area contributed by atoms with Gasteiger partial charge in [-0.05, 0) is 12.1 Å². The van der Waals surface area contributed by atoms with Gasteiger partial charge in [0.1, 0.15) is 13.5 Å². The number of ether oxygens (including phenoxy) is 2. The molecule has 6 nitrogen and oxygen atoms in total. The van der Waals surface area contributed by atoms with Crippen LogP contribution in [0.2, 0.25) is 0 Å². The van der Waals surface area contributed by atoms with E-state index >= 15 is 9.13 Å². The van der Waals surface area contributed by atoms with Crippen molar-refractivity contribution in [2.24, 2.45) is 0 Å². The summed E-state index contributed by atoms with van der Waals surface area (Å²) in [6.45, 7) is 0.322. The molecular weight excluding hydrogens is 682 g/mol. The van der Waals surface area contributed by atoms with Crippen LogP contribution in [0, 0.1) is 0 Å². The lowest BCUT2D eigenvalue weighted by molar-refractivity contribution is 0.132. The van der Waals surface area contributed by atoms with Gasteiger partial charge in [-0.2, -0.15) is 0 Å². The van der Waals surface area contributed by atoms with Crippen LogP contribution in [-0.4, -0.2) is 23.4 Å². The molecule has 0 radical (unpaired) electrons. The molecule has 0 spiro atoms. The fourth-order valence-electron chi connectivity index (χ4n) is 7.58. The first-order valence-electron chi connectivity index (χ1n) is 17.2. The molecule has 52 heavy (non-hydrogen) atoms. The Morgan fingerprint density at radius 2 is 0.673 bits per heavy atom. The molecule has 0 atom stereocenters. The number of hydrogen-bond acceptors (Lipinski definition) is 4. The molecule has 0 amide bonds. The molecule has 6 aromatic carbocycles. The molecule has 0 N–H and O–H groups in total. The smallest absolute Gasteiger partial charge is 0.173 e. The van der Waals surface area contributed by atoms with E-state index in [-0.39, 0.29) is 13.5 Å². The van der Waals surface area contributed by atoms with E-state index in [1.165, 1.54) is 0 Å². The lowest BCUT2D eigenvalue weighted by Gasteiger charge is -2.26. The zero-order chi connectivity index (χ0) is 35.7. The van der Waals surface area contributed by atoms with Crippen LogP contribution < -0.4 is 31.8 Å². The van der Waals surface area contributed by atoms with Gasteiger partial charge in [-0.1, -0.05) is 158 Å². The zero-order valence-electron chi connectivity index (χ0n) is 29.0. The van der Waals surface area contributed by atoms with E-state index in [0.717, 1.165) is 21.8 Å². The van der Waals surface area contributed by atoms with Gasteiger partial charge in [0.2, 0.25) is 0 Å². The molecule has 0 bridgehead atoms. The first-order chi connectivity index (χ1) is 25.5. The van der Waals surface area contributed by atoms with Crippen molar-refractivity contribution in [3.05, 3.63) is 170 Å². The van der Waals surface area contributed by atoms with Crippen LogP contribution in [0.1, 0.15) is 0 Å². The minimum atomic E-state index is -3.65. The van der Waals surface area contributed by atoms with Gasteiger partial charge in [0.15, 0.2) is 14.3 Å². The molecule has 0 aliphatic carbocycles. The third kappa shape index (κ3) is 5.34. The zero-order valence-corrected chi connectivity index (χ0v) is 30.8. The molecule has 0 unspecified atom stereocenters. The van der Waals surface area contributed by atoms with Gasteiger partial charge in [0, 0.05) is 46.2 Å².